The van der Waals surface area contributed by atoms with Gasteiger partial charge in [0.1, 0.15) is 0 Å². The molecule has 2 rings (SSSR count). The summed E-state index contributed by atoms with van der Waals surface area (Å²) >= 11 is 5.92. The minimum Gasteiger partial charge on any atom is -0.360 e. The minimum atomic E-state index is -0.577. The number of aromatic nitrogens is 1. The number of fused-ring (bicyclic) bond motifs is 1. The fourth-order valence-electron chi connectivity index (χ4n) is 1.96. The third-order valence-corrected chi connectivity index (χ3v) is 3.34. The van der Waals surface area contributed by atoms with Crippen molar-refractivity contribution in [1.29, 1.82) is 0 Å². The van der Waals surface area contributed by atoms with Crippen molar-refractivity contribution >= 4 is 34.2 Å². The zero-order valence-electron chi connectivity index (χ0n) is 11.5. The van der Waals surface area contributed by atoms with Gasteiger partial charge in [-0.15, -0.1) is 0 Å². The normalized spacial score (nSPS) is 11.0. The predicted octanol–water partition coefficient (Wildman–Crippen LogP) is 3.17. The number of rotatable bonds is 5. The highest BCUT2D eigenvalue weighted by Gasteiger charge is 2.19. The van der Waals surface area contributed by atoms with Crippen LogP contribution in [0.1, 0.15) is 30.6 Å². The number of nitrogens with one attached hydrogen (secondary N) is 2. The lowest BCUT2D eigenvalue weighted by Crippen LogP contribution is -2.32. The fraction of sp³-hybridized carbons (Fsp3) is 0.333. The van der Waals surface area contributed by atoms with Gasteiger partial charge in [0, 0.05) is 28.7 Å². The lowest BCUT2D eigenvalue weighted by molar-refractivity contribution is -0.117. The van der Waals surface area contributed by atoms with E-state index in [4.69, 9.17) is 11.6 Å². The molecule has 0 aliphatic heterocycles. The number of carbonyl (C=O) groups is 2. The van der Waals surface area contributed by atoms with Crippen molar-refractivity contribution in [3.8, 4) is 0 Å². The molecule has 0 aliphatic rings. The molecule has 4 nitrogen and oxygen atoms in total. The van der Waals surface area contributed by atoms with Crippen LogP contribution in [0.2, 0.25) is 5.02 Å². The SMILES string of the molecule is CC(C)CCNC(=O)C(=O)c1c[nH]c2ccc(Cl)cc12. The molecule has 0 spiro atoms. The number of aromatic amines is 1. The van der Waals surface area contributed by atoms with E-state index < -0.39 is 11.7 Å². The van der Waals surface area contributed by atoms with Gasteiger partial charge < -0.3 is 10.3 Å². The van der Waals surface area contributed by atoms with Gasteiger partial charge in [0.05, 0.1) is 5.56 Å². The van der Waals surface area contributed by atoms with Gasteiger partial charge >= 0.3 is 0 Å². The lowest BCUT2D eigenvalue weighted by Gasteiger charge is -2.06. The van der Waals surface area contributed by atoms with E-state index in [0.717, 1.165) is 11.9 Å². The van der Waals surface area contributed by atoms with Crippen molar-refractivity contribution in [3.63, 3.8) is 0 Å². The maximum atomic E-state index is 12.1. The molecule has 2 N–H and O–H groups in total. The maximum Gasteiger partial charge on any atom is 0.292 e. The van der Waals surface area contributed by atoms with E-state index in [-0.39, 0.29) is 0 Å². The van der Waals surface area contributed by atoms with Gasteiger partial charge in [-0.25, -0.2) is 0 Å². The van der Waals surface area contributed by atoms with Crippen LogP contribution in [-0.4, -0.2) is 23.2 Å². The van der Waals surface area contributed by atoms with Gasteiger partial charge in [0.25, 0.3) is 11.7 Å². The Hall–Kier alpha value is -1.81. The van der Waals surface area contributed by atoms with Crippen LogP contribution in [0.15, 0.2) is 24.4 Å². The first-order chi connectivity index (χ1) is 9.49. The van der Waals surface area contributed by atoms with Crippen molar-refractivity contribution in [2.75, 3.05) is 6.54 Å². The number of ketones is 1. The van der Waals surface area contributed by atoms with Gasteiger partial charge in [-0.1, -0.05) is 25.4 Å². The first kappa shape index (κ1) is 14.6. The van der Waals surface area contributed by atoms with Crippen LogP contribution in [0.25, 0.3) is 10.9 Å². The molecular weight excluding hydrogens is 276 g/mol. The molecule has 0 bridgehead atoms. The molecule has 0 aliphatic carbocycles. The van der Waals surface area contributed by atoms with Crippen molar-refractivity contribution < 1.29 is 9.59 Å². The van der Waals surface area contributed by atoms with Gasteiger partial charge in [-0.05, 0) is 30.5 Å². The second-order valence-electron chi connectivity index (χ2n) is 5.16. The Bertz CT molecular complexity index is 646. The number of amides is 1. The average molecular weight is 293 g/mol. The van der Waals surface area contributed by atoms with Crippen LogP contribution in [-0.2, 0) is 4.79 Å². The summed E-state index contributed by atoms with van der Waals surface area (Å²) in [6, 6.07) is 5.20. The van der Waals surface area contributed by atoms with E-state index in [0.29, 0.717) is 28.4 Å². The lowest BCUT2D eigenvalue weighted by atomic mass is 10.1. The molecule has 0 radical (unpaired) electrons. The molecule has 0 atom stereocenters. The summed E-state index contributed by atoms with van der Waals surface area (Å²) in [7, 11) is 0. The molecule has 1 amide bonds. The largest absolute Gasteiger partial charge is 0.360 e. The molecule has 0 saturated heterocycles. The molecule has 1 heterocycles. The van der Waals surface area contributed by atoms with E-state index in [1.807, 2.05) is 0 Å². The average Bonchev–Trinajstić information content (AvgIpc) is 2.80. The topological polar surface area (TPSA) is 62.0 Å². The minimum absolute atomic E-state index is 0.351. The smallest absolute Gasteiger partial charge is 0.292 e. The highest BCUT2D eigenvalue weighted by Crippen LogP contribution is 2.22. The quantitative estimate of drug-likeness (QED) is 0.657. The fourth-order valence-corrected chi connectivity index (χ4v) is 2.13. The predicted molar refractivity (Wildman–Crippen MR) is 80.1 cm³/mol. The van der Waals surface area contributed by atoms with Crippen molar-refractivity contribution in [2.45, 2.75) is 20.3 Å². The highest BCUT2D eigenvalue weighted by atomic mass is 35.5. The Balaban J connectivity index is 2.14. The van der Waals surface area contributed by atoms with Crippen molar-refractivity contribution in [2.24, 2.45) is 5.92 Å². The van der Waals surface area contributed by atoms with Crippen LogP contribution in [0.4, 0.5) is 0 Å². The Kier molecular flexibility index (Phi) is 4.45. The van der Waals surface area contributed by atoms with E-state index in [1.54, 1.807) is 24.4 Å². The third kappa shape index (κ3) is 3.20. The number of carbonyl (C=O) groups excluding carboxylic acids is 2. The molecule has 0 unspecified atom stereocenters. The van der Waals surface area contributed by atoms with E-state index in [2.05, 4.69) is 24.1 Å². The maximum absolute atomic E-state index is 12.1. The van der Waals surface area contributed by atoms with Crippen LogP contribution < -0.4 is 5.32 Å². The summed E-state index contributed by atoms with van der Waals surface area (Å²) in [5.74, 6) is -0.633. The number of hydrogen-bond acceptors (Lipinski definition) is 2. The van der Waals surface area contributed by atoms with E-state index >= 15 is 0 Å². The van der Waals surface area contributed by atoms with Crippen molar-refractivity contribution in [1.82, 2.24) is 10.3 Å². The summed E-state index contributed by atoms with van der Waals surface area (Å²) in [4.78, 5) is 26.9. The van der Waals surface area contributed by atoms with Crippen molar-refractivity contribution in [3.05, 3.63) is 35.0 Å². The van der Waals surface area contributed by atoms with E-state index in [1.165, 1.54) is 0 Å². The number of H-pyrrole nitrogens is 1. The summed E-state index contributed by atoms with van der Waals surface area (Å²) in [6.07, 6.45) is 2.39. The molecular formula is C15H17ClN2O2. The number of benzene rings is 1. The first-order valence-electron chi connectivity index (χ1n) is 6.58. The Morgan fingerprint density at radius 3 is 2.80 bits per heavy atom. The van der Waals surface area contributed by atoms with E-state index in [9.17, 15) is 9.59 Å². The van der Waals surface area contributed by atoms with Crippen LogP contribution in [0.3, 0.4) is 0 Å². The summed E-state index contributed by atoms with van der Waals surface area (Å²) in [6.45, 7) is 4.64. The molecule has 0 fully saturated rings. The molecule has 0 saturated carbocycles. The van der Waals surface area contributed by atoms with Crippen LogP contribution in [0.5, 0.6) is 0 Å². The Morgan fingerprint density at radius 1 is 1.35 bits per heavy atom. The molecule has 106 valence electrons. The number of Topliss-reactive ketones (excluding diaryl/α,β-unsaturated/α-hetero) is 1. The molecule has 2 aromatic rings. The second kappa shape index (κ2) is 6.09. The van der Waals surface area contributed by atoms with Crippen LogP contribution in [0, 0.1) is 5.92 Å². The molecule has 1 aromatic carbocycles. The third-order valence-electron chi connectivity index (χ3n) is 3.10. The van der Waals surface area contributed by atoms with Gasteiger partial charge in [0.15, 0.2) is 0 Å². The summed E-state index contributed by atoms with van der Waals surface area (Å²) < 4.78 is 0. The zero-order valence-corrected chi connectivity index (χ0v) is 12.3. The molecule has 5 heteroatoms. The van der Waals surface area contributed by atoms with Gasteiger partial charge in [-0.2, -0.15) is 0 Å². The number of hydrogen-bond donors (Lipinski definition) is 2. The Labute approximate surface area is 122 Å². The monoisotopic (exact) mass is 292 g/mol. The first-order valence-corrected chi connectivity index (χ1v) is 6.96. The zero-order chi connectivity index (χ0) is 14.7. The van der Waals surface area contributed by atoms with Crippen LogP contribution >= 0.6 is 11.6 Å². The molecule has 1 aromatic heterocycles. The standard InChI is InChI=1S/C15H17ClN2O2/c1-9(2)5-6-17-15(20)14(19)12-8-18-13-4-3-10(16)7-11(12)13/h3-4,7-9,18H,5-6H2,1-2H3,(H,17,20). The van der Waals surface area contributed by atoms with Gasteiger partial charge in [-0.3, -0.25) is 9.59 Å². The second-order valence-corrected chi connectivity index (χ2v) is 5.60. The highest BCUT2D eigenvalue weighted by molar-refractivity contribution is 6.45. The summed E-state index contributed by atoms with van der Waals surface area (Å²) in [5, 5.41) is 3.85. The number of halogens is 1. The van der Waals surface area contributed by atoms with Gasteiger partial charge in [0.2, 0.25) is 0 Å². The summed E-state index contributed by atoms with van der Waals surface area (Å²) in [5.41, 5.74) is 1.14. The molecule has 20 heavy (non-hydrogen) atoms. The Morgan fingerprint density at radius 2 is 2.10 bits per heavy atom.